The fraction of sp³-hybridized carbons (Fsp3) is 0.889. The number of ether oxygens (including phenoxy) is 1. The van der Waals surface area contributed by atoms with Gasteiger partial charge in [-0.25, -0.2) is 0 Å². The number of hydrogen-bond acceptors (Lipinski definition) is 5. The maximum atomic E-state index is 11.6. The number of unbranched alkanes of at least 4 members (excludes halogenated alkanes) is 1. The molecule has 0 bridgehead atoms. The van der Waals surface area contributed by atoms with Crippen molar-refractivity contribution in [2.24, 2.45) is 0 Å². The van der Waals surface area contributed by atoms with Gasteiger partial charge in [-0.3, -0.25) is 9.36 Å². The second kappa shape index (κ2) is 8.20. The Morgan fingerprint density at radius 2 is 2.07 bits per heavy atom. The van der Waals surface area contributed by atoms with Crippen LogP contribution in [0.15, 0.2) is 0 Å². The lowest BCUT2D eigenvalue weighted by molar-refractivity contribution is -0.140. The zero-order chi connectivity index (χ0) is 11.7. The van der Waals surface area contributed by atoms with E-state index in [1.54, 1.807) is 6.92 Å². The van der Waals surface area contributed by atoms with Gasteiger partial charge in [-0.2, -0.15) is 0 Å². The molecule has 0 saturated heterocycles. The van der Waals surface area contributed by atoms with Gasteiger partial charge < -0.3 is 9.26 Å². The first-order chi connectivity index (χ1) is 7.02. The Hall–Kier alpha value is 0.01000. The van der Waals surface area contributed by atoms with Gasteiger partial charge in [-0.1, -0.05) is 24.7 Å². The minimum Gasteiger partial charge on any atom is -0.465 e. The van der Waals surface area contributed by atoms with Gasteiger partial charge in [0.05, 0.1) is 13.2 Å². The van der Waals surface area contributed by atoms with Crippen molar-refractivity contribution in [3.8, 4) is 0 Å². The van der Waals surface area contributed by atoms with E-state index >= 15 is 0 Å². The lowest BCUT2D eigenvalue weighted by atomic mass is 10.4. The van der Waals surface area contributed by atoms with Gasteiger partial charge >= 0.3 is 5.97 Å². The Kier molecular flexibility index (Phi) is 8.20. The molecule has 0 aliphatic rings. The summed E-state index contributed by atoms with van der Waals surface area (Å²) in [4.78, 5) is 11.1. The molecule has 0 aromatic rings. The monoisotopic (exact) mass is 254 g/mol. The van der Waals surface area contributed by atoms with Gasteiger partial charge in [0.1, 0.15) is 5.75 Å². The largest absolute Gasteiger partial charge is 0.465 e. The third-order valence-electron chi connectivity index (χ3n) is 1.54. The van der Waals surface area contributed by atoms with Crippen LogP contribution in [-0.4, -0.2) is 31.6 Å². The average Bonchev–Trinajstić information content (AvgIpc) is 2.15. The van der Waals surface area contributed by atoms with Crippen molar-refractivity contribution >= 4 is 23.9 Å². The van der Waals surface area contributed by atoms with Crippen molar-refractivity contribution in [3.05, 3.63) is 0 Å². The summed E-state index contributed by atoms with van der Waals surface area (Å²) in [6, 6.07) is 0. The molecule has 0 aromatic heterocycles. The topological polar surface area (TPSA) is 52.6 Å². The first-order valence-corrected chi connectivity index (χ1v) is 8.70. The molecule has 90 valence electrons. The lowest BCUT2D eigenvalue weighted by Gasteiger charge is -2.10. The second-order valence-corrected chi connectivity index (χ2v) is 8.15. The number of carbonyl (C=O) groups is 1. The highest BCUT2D eigenvalue weighted by atomic mass is 32.7. The van der Waals surface area contributed by atoms with Gasteiger partial charge in [-0.05, 0) is 13.3 Å². The van der Waals surface area contributed by atoms with Crippen LogP contribution < -0.4 is 0 Å². The van der Waals surface area contributed by atoms with E-state index in [1.165, 1.54) is 6.66 Å². The van der Waals surface area contributed by atoms with E-state index in [4.69, 9.17) is 9.26 Å². The molecule has 0 heterocycles. The first-order valence-electron chi connectivity index (χ1n) is 5.04. The molecule has 0 spiro atoms. The number of rotatable bonds is 8. The quantitative estimate of drug-likeness (QED) is 0.378. The summed E-state index contributed by atoms with van der Waals surface area (Å²) >= 11 is 1.03. The third kappa shape index (κ3) is 8.97. The van der Waals surface area contributed by atoms with Gasteiger partial charge in [0.15, 0.2) is 0 Å². The molecular formula is C9H19O4PS. The molecule has 6 heteroatoms. The van der Waals surface area contributed by atoms with Crippen LogP contribution in [0.1, 0.15) is 26.7 Å². The summed E-state index contributed by atoms with van der Waals surface area (Å²) in [5.74, 6) is -0.229. The van der Waals surface area contributed by atoms with Crippen LogP contribution in [0.4, 0.5) is 0 Å². The molecular weight excluding hydrogens is 235 g/mol. The predicted octanol–water partition coefficient (Wildman–Crippen LogP) is 2.92. The number of esters is 1. The van der Waals surface area contributed by atoms with Crippen molar-refractivity contribution in [2.75, 3.05) is 25.6 Å². The summed E-state index contributed by atoms with van der Waals surface area (Å²) < 4.78 is 21.5. The van der Waals surface area contributed by atoms with E-state index < -0.39 is 6.57 Å². The Balaban J connectivity index is 3.65. The summed E-state index contributed by atoms with van der Waals surface area (Å²) in [7, 11) is 0. The highest BCUT2D eigenvalue weighted by Crippen LogP contribution is 2.55. The lowest BCUT2D eigenvalue weighted by Crippen LogP contribution is -2.08. The van der Waals surface area contributed by atoms with Gasteiger partial charge in [-0.15, -0.1) is 0 Å². The van der Waals surface area contributed by atoms with Gasteiger partial charge in [0.25, 0.3) is 6.57 Å². The van der Waals surface area contributed by atoms with E-state index in [0.717, 1.165) is 24.2 Å². The molecule has 0 amide bonds. The maximum absolute atomic E-state index is 11.6. The molecule has 0 aliphatic carbocycles. The zero-order valence-corrected chi connectivity index (χ0v) is 11.2. The molecule has 1 atom stereocenters. The summed E-state index contributed by atoms with van der Waals surface area (Å²) in [6.45, 7) is 3.48. The van der Waals surface area contributed by atoms with Crippen molar-refractivity contribution in [3.63, 3.8) is 0 Å². The van der Waals surface area contributed by atoms with Crippen LogP contribution in [0.2, 0.25) is 0 Å². The molecule has 0 saturated carbocycles. The SMILES string of the molecule is CCCCOC(=O)CSP(C)(=O)OCC. The molecule has 0 fully saturated rings. The minimum atomic E-state index is -2.67. The maximum Gasteiger partial charge on any atom is 0.316 e. The van der Waals surface area contributed by atoms with Crippen LogP contribution in [0.3, 0.4) is 0 Å². The third-order valence-corrected chi connectivity index (χ3v) is 5.21. The van der Waals surface area contributed by atoms with E-state index in [-0.39, 0.29) is 11.7 Å². The molecule has 0 aliphatic heterocycles. The van der Waals surface area contributed by atoms with Crippen molar-refractivity contribution in [2.45, 2.75) is 26.7 Å². The van der Waals surface area contributed by atoms with E-state index in [9.17, 15) is 9.36 Å². The van der Waals surface area contributed by atoms with Crippen molar-refractivity contribution < 1.29 is 18.6 Å². The normalized spacial score (nSPS) is 14.6. The highest BCUT2D eigenvalue weighted by Gasteiger charge is 2.18. The second-order valence-electron chi connectivity index (χ2n) is 3.04. The Bertz CT molecular complexity index is 232. The molecule has 15 heavy (non-hydrogen) atoms. The number of hydrogen-bond donors (Lipinski definition) is 0. The van der Waals surface area contributed by atoms with Crippen LogP contribution in [0.5, 0.6) is 0 Å². The average molecular weight is 254 g/mol. The van der Waals surface area contributed by atoms with Crippen LogP contribution in [0.25, 0.3) is 0 Å². The first kappa shape index (κ1) is 15.0. The molecule has 0 radical (unpaired) electrons. The Morgan fingerprint density at radius 3 is 2.60 bits per heavy atom. The Labute approximate surface area is 95.3 Å². The molecule has 4 nitrogen and oxygen atoms in total. The van der Waals surface area contributed by atoms with Gasteiger partial charge in [0.2, 0.25) is 0 Å². The zero-order valence-electron chi connectivity index (χ0n) is 9.52. The minimum absolute atomic E-state index is 0.0947. The van der Waals surface area contributed by atoms with Gasteiger partial charge in [0, 0.05) is 6.66 Å². The van der Waals surface area contributed by atoms with E-state index in [0.29, 0.717) is 13.2 Å². The summed E-state index contributed by atoms with van der Waals surface area (Å²) in [5.41, 5.74) is 0. The fourth-order valence-corrected chi connectivity index (χ4v) is 3.34. The van der Waals surface area contributed by atoms with Crippen LogP contribution in [-0.2, 0) is 18.6 Å². The summed E-state index contributed by atoms with van der Waals surface area (Å²) in [6.07, 6.45) is 1.86. The van der Waals surface area contributed by atoms with Crippen molar-refractivity contribution in [1.29, 1.82) is 0 Å². The van der Waals surface area contributed by atoms with E-state index in [2.05, 4.69) is 0 Å². The standard InChI is InChI=1S/C9H19O4PS/c1-4-6-7-12-9(10)8-15-14(3,11)13-5-2/h4-8H2,1-3H3. The Morgan fingerprint density at radius 1 is 1.40 bits per heavy atom. The van der Waals surface area contributed by atoms with Crippen LogP contribution in [0, 0.1) is 0 Å². The van der Waals surface area contributed by atoms with Crippen molar-refractivity contribution in [1.82, 2.24) is 0 Å². The summed E-state index contributed by atoms with van der Waals surface area (Å²) in [5, 5.41) is 0. The smallest absolute Gasteiger partial charge is 0.316 e. The molecule has 0 N–H and O–H groups in total. The number of carbonyl (C=O) groups excluding carboxylic acids is 1. The molecule has 1 unspecified atom stereocenters. The van der Waals surface area contributed by atoms with Crippen LogP contribution >= 0.6 is 18.0 Å². The molecule has 0 rings (SSSR count). The molecule has 0 aromatic carbocycles. The fourth-order valence-electron chi connectivity index (χ4n) is 0.814. The highest BCUT2D eigenvalue weighted by molar-refractivity contribution is 8.56. The van der Waals surface area contributed by atoms with E-state index in [1.807, 2.05) is 6.92 Å². The predicted molar refractivity (Wildman–Crippen MR) is 63.5 cm³/mol.